The maximum absolute atomic E-state index is 5.81. The Bertz CT molecular complexity index is 336. The Morgan fingerprint density at radius 1 is 1.35 bits per heavy atom. The lowest BCUT2D eigenvalue weighted by molar-refractivity contribution is 0.182. The van der Waals surface area contributed by atoms with Crippen molar-refractivity contribution in [2.24, 2.45) is 11.7 Å². The van der Waals surface area contributed by atoms with Gasteiger partial charge in [0, 0.05) is 18.6 Å². The van der Waals surface area contributed by atoms with Crippen molar-refractivity contribution in [2.75, 3.05) is 13.1 Å². The highest BCUT2D eigenvalue weighted by Gasteiger charge is 2.32. The molecule has 3 atom stereocenters. The molecule has 0 aromatic heterocycles. The van der Waals surface area contributed by atoms with Crippen LogP contribution in [0.5, 0.6) is 0 Å². The highest BCUT2D eigenvalue weighted by molar-refractivity contribution is 5.19. The minimum Gasteiger partial charge on any atom is -0.330 e. The molecule has 0 bridgehead atoms. The second kappa shape index (κ2) is 5.65. The van der Waals surface area contributed by atoms with E-state index in [-0.39, 0.29) is 0 Å². The predicted octanol–water partition coefficient (Wildman–Crippen LogP) is 2.81. The van der Waals surface area contributed by atoms with Gasteiger partial charge in [0.25, 0.3) is 0 Å². The molecule has 17 heavy (non-hydrogen) atoms. The molecule has 1 saturated heterocycles. The largest absolute Gasteiger partial charge is 0.330 e. The summed E-state index contributed by atoms with van der Waals surface area (Å²) < 4.78 is 0. The van der Waals surface area contributed by atoms with Crippen LogP contribution >= 0.6 is 0 Å². The van der Waals surface area contributed by atoms with E-state index >= 15 is 0 Å². The first kappa shape index (κ1) is 12.6. The summed E-state index contributed by atoms with van der Waals surface area (Å²) in [6, 6.07) is 12.1. The van der Waals surface area contributed by atoms with E-state index in [0.29, 0.717) is 18.0 Å². The van der Waals surface area contributed by atoms with Gasteiger partial charge in [-0.15, -0.1) is 0 Å². The zero-order chi connectivity index (χ0) is 12.3. The summed E-state index contributed by atoms with van der Waals surface area (Å²) in [5, 5.41) is 0. The molecule has 2 heteroatoms. The van der Waals surface area contributed by atoms with Gasteiger partial charge in [-0.05, 0) is 37.8 Å². The third kappa shape index (κ3) is 2.70. The molecule has 1 aliphatic rings. The summed E-state index contributed by atoms with van der Waals surface area (Å²) in [6.45, 7) is 6.60. The van der Waals surface area contributed by atoms with Gasteiger partial charge in [-0.3, -0.25) is 4.90 Å². The summed E-state index contributed by atoms with van der Waals surface area (Å²) in [7, 11) is 0. The molecule has 0 spiro atoms. The van der Waals surface area contributed by atoms with E-state index < -0.39 is 0 Å². The molecule has 3 unspecified atom stereocenters. The molecule has 1 aromatic carbocycles. The fourth-order valence-corrected chi connectivity index (χ4v) is 3.11. The van der Waals surface area contributed by atoms with E-state index in [2.05, 4.69) is 49.1 Å². The topological polar surface area (TPSA) is 29.3 Å². The van der Waals surface area contributed by atoms with Gasteiger partial charge in [0.15, 0.2) is 0 Å². The van der Waals surface area contributed by atoms with Crippen molar-refractivity contribution < 1.29 is 0 Å². The summed E-state index contributed by atoms with van der Waals surface area (Å²) >= 11 is 0. The van der Waals surface area contributed by atoms with E-state index in [1.54, 1.807) is 0 Å². The molecule has 1 aromatic rings. The number of nitrogens with zero attached hydrogens (tertiary/aromatic N) is 1. The quantitative estimate of drug-likeness (QED) is 0.865. The SMILES string of the molecule is CCC(c1ccccc1)N1CC(CN)CC1C. The van der Waals surface area contributed by atoms with Gasteiger partial charge >= 0.3 is 0 Å². The smallest absolute Gasteiger partial charge is 0.0348 e. The van der Waals surface area contributed by atoms with Crippen molar-refractivity contribution in [3.05, 3.63) is 35.9 Å². The fourth-order valence-electron chi connectivity index (χ4n) is 3.11. The highest BCUT2D eigenvalue weighted by Crippen LogP contribution is 2.33. The maximum atomic E-state index is 5.81. The van der Waals surface area contributed by atoms with Crippen molar-refractivity contribution in [3.63, 3.8) is 0 Å². The molecule has 0 amide bonds. The number of rotatable bonds is 4. The first-order chi connectivity index (χ1) is 8.26. The molecule has 1 heterocycles. The monoisotopic (exact) mass is 232 g/mol. The molecule has 0 saturated carbocycles. The van der Waals surface area contributed by atoms with Gasteiger partial charge in [-0.2, -0.15) is 0 Å². The molecule has 1 fully saturated rings. The molecular formula is C15H24N2. The standard InChI is InChI=1S/C15H24N2/c1-3-15(14-7-5-4-6-8-14)17-11-13(10-16)9-12(17)2/h4-8,12-13,15H,3,9-11,16H2,1-2H3. The van der Waals surface area contributed by atoms with Crippen molar-refractivity contribution in [2.45, 2.75) is 38.8 Å². The molecule has 2 rings (SSSR count). The van der Waals surface area contributed by atoms with Gasteiger partial charge in [0.05, 0.1) is 0 Å². The van der Waals surface area contributed by atoms with Crippen LogP contribution in [0.4, 0.5) is 0 Å². The minimum atomic E-state index is 0.558. The first-order valence-corrected chi connectivity index (χ1v) is 6.77. The normalized spacial score (nSPS) is 27.2. The summed E-state index contributed by atoms with van der Waals surface area (Å²) in [6.07, 6.45) is 2.42. The Hall–Kier alpha value is -0.860. The molecular weight excluding hydrogens is 208 g/mol. The Kier molecular flexibility index (Phi) is 4.19. The molecule has 94 valence electrons. The third-order valence-electron chi connectivity index (χ3n) is 4.01. The van der Waals surface area contributed by atoms with Crippen LogP contribution in [0.15, 0.2) is 30.3 Å². The molecule has 2 N–H and O–H groups in total. The Balaban J connectivity index is 2.14. The van der Waals surface area contributed by atoms with Crippen LogP contribution in [0.25, 0.3) is 0 Å². The number of benzene rings is 1. The number of nitrogens with two attached hydrogens (primary N) is 1. The predicted molar refractivity (Wildman–Crippen MR) is 72.8 cm³/mol. The van der Waals surface area contributed by atoms with Crippen LogP contribution in [0, 0.1) is 5.92 Å². The lowest BCUT2D eigenvalue weighted by Gasteiger charge is -2.31. The number of likely N-dealkylation sites (tertiary alicyclic amines) is 1. The van der Waals surface area contributed by atoms with Crippen LogP contribution in [-0.4, -0.2) is 24.0 Å². The van der Waals surface area contributed by atoms with Crippen molar-refractivity contribution in [3.8, 4) is 0 Å². The lowest BCUT2D eigenvalue weighted by atomic mass is 10.0. The number of hydrogen-bond donors (Lipinski definition) is 1. The van der Waals surface area contributed by atoms with Crippen LogP contribution in [0.2, 0.25) is 0 Å². The summed E-state index contributed by atoms with van der Waals surface area (Å²) in [4.78, 5) is 2.63. The Morgan fingerprint density at radius 3 is 2.59 bits per heavy atom. The first-order valence-electron chi connectivity index (χ1n) is 6.77. The molecule has 0 aliphatic carbocycles. The van der Waals surface area contributed by atoms with Gasteiger partial charge in [-0.25, -0.2) is 0 Å². The molecule has 0 radical (unpaired) electrons. The fraction of sp³-hybridized carbons (Fsp3) is 0.600. The average Bonchev–Trinajstić information content (AvgIpc) is 2.73. The maximum Gasteiger partial charge on any atom is 0.0348 e. The molecule has 1 aliphatic heterocycles. The second-order valence-electron chi connectivity index (χ2n) is 5.22. The van der Waals surface area contributed by atoms with Crippen LogP contribution < -0.4 is 5.73 Å². The minimum absolute atomic E-state index is 0.558. The lowest BCUT2D eigenvalue weighted by Crippen LogP contribution is -2.32. The zero-order valence-electron chi connectivity index (χ0n) is 11.0. The van der Waals surface area contributed by atoms with Crippen molar-refractivity contribution >= 4 is 0 Å². The highest BCUT2D eigenvalue weighted by atomic mass is 15.2. The summed E-state index contributed by atoms with van der Waals surface area (Å²) in [5.74, 6) is 0.683. The van der Waals surface area contributed by atoms with E-state index in [1.165, 1.54) is 18.4 Å². The van der Waals surface area contributed by atoms with E-state index in [4.69, 9.17) is 5.73 Å². The van der Waals surface area contributed by atoms with Gasteiger partial charge < -0.3 is 5.73 Å². The van der Waals surface area contributed by atoms with Gasteiger partial charge in [0.2, 0.25) is 0 Å². The van der Waals surface area contributed by atoms with Crippen molar-refractivity contribution in [1.29, 1.82) is 0 Å². The van der Waals surface area contributed by atoms with E-state index in [9.17, 15) is 0 Å². The van der Waals surface area contributed by atoms with Crippen LogP contribution in [0.3, 0.4) is 0 Å². The van der Waals surface area contributed by atoms with Crippen molar-refractivity contribution in [1.82, 2.24) is 4.90 Å². The average molecular weight is 232 g/mol. The van der Waals surface area contributed by atoms with Gasteiger partial charge in [0.1, 0.15) is 0 Å². The molecule has 2 nitrogen and oxygen atoms in total. The Morgan fingerprint density at radius 2 is 2.06 bits per heavy atom. The third-order valence-corrected chi connectivity index (χ3v) is 4.01. The van der Waals surface area contributed by atoms with Crippen LogP contribution in [-0.2, 0) is 0 Å². The zero-order valence-corrected chi connectivity index (χ0v) is 11.0. The summed E-state index contributed by atoms with van der Waals surface area (Å²) in [5.41, 5.74) is 7.26. The number of hydrogen-bond acceptors (Lipinski definition) is 2. The van der Waals surface area contributed by atoms with Crippen LogP contribution in [0.1, 0.15) is 38.3 Å². The second-order valence-corrected chi connectivity index (χ2v) is 5.22. The Labute approximate surface area is 105 Å². The van der Waals surface area contributed by atoms with E-state index in [0.717, 1.165) is 13.1 Å². The van der Waals surface area contributed by atoms with E-state index in [1.807, 2.05) is 0 Å². The van der Waals surface area contributed by atoms with Gasteiger partial charge in [-0.1, -0.05) is 37.3 Å².